The molecule has 0 bridgehead atoms. The Bertz CT molecular complexity index is 480. The van der Waals surface area contributed by atoms with E-state index in [2.05, 4.69) is 83.4 Å². The maximum absolute atomic E-state index is 11.4. The van der Waals surface area contributed by atoms with Crippen LogP contribution in [0.2, 0.25) is 0 Å². The molecule has 0 spiro atoms. The fourth-order valence-electron chi connectivity index (χ4n) is 2.52. The first-order valence-corrected chi connectivity index (χ1v) is 10.3. The second-order valence-corrected chi connectivity index (χ2v) is 7.95. The van der Waals surface area contributed by atoms with Crippen molar-refractivity contribution in [3.63, 3.8) is 0 Å². The van der Waals surface area contributed by atoms with Crippen LogP contribution in [0.1, 0.15) is 67.2 Å². The van der Waals surface area contributed by atoms with Crippen LogP contribution in [0.15, 0.2) is 46.6 Å². The monoisotopic (exact) mass is 377 g/mol. The smallest absolute Gasteiger partial charge is 0.137 e. The molecule has 0 aromatic carbocycles. The van der Waals surface area contributed by atoms with Gasteiger partial charge in [0.05, 0.1) is 6.04 Å². The predicted molar refractivity (Wildman–Crippen MR) is 120 cm³/mol. The lowest BCUT2D eigenvalue weighted by Gasteiger charge is -2.25. The highest BCUT2D eigenvalue weighted by Crippen LogP contribution is 2.11. The molecule has 0 aromatic rings. The van der Waals surface area contributed by atoms with Crippen LogP contribution in [0, 0.1) is 0 Å². The van der Waals surface area contributed by atoms with E-state index in [-0.39, 0.29) is 6.04 Å². The summed E-state index contributed by atoms with van der Waals surface area (Å²) in [6.45, 7) is 14.5. The molecule has 3 heteroatoms. The third-order valence-electron chi connectivity index (χ3n) is 4.34. The number of hydrogen-bond donors (Lipinski definition) is 1. The summed E-state index contributed by atoms with van der Waals surface area (Å²) >= 11 is 4.35. The van der Waals surface area contributed by atoms with E-state index in [1.807, 2.05) is 0 Å². The summed E-state index contributed by atoms with van der Waals surface area (Å²) in [7, 11) is 0. The SMILES string of the molecule is CC(C)=CCC/C(C)=C/CN(C/C=C(\C)CCC=C(C)C)[C@@H](C=O)CS. The van der Waals surface area contributed by atoms with E-state index in [4.69, 9.17) is 0 Å². The highest BCUT2D eigenvalue weighted by molar-refractivity contribution is 7.80. The Morgan fingerprint density at radius 2 is 1.23 bits per heavy atom. The maximum atomic E-state index is 11.4. The Hall–Kier alpha value is -1.06. The number of rotatable bonds is 13. The van der Waals surface area contributed by atoms with Crippen LogP contribution < -0.4 is 0 Å². The molecule has 0 aromatic heterocycles. The number of allylic oxidation sites excluding steroid dienone is 6. The van der Waals surface area contributed by atoms with Crippen molar-refractivity contribution in [1.82, 2.24) is 4.90 Å². The molecule has 1 atom stereocenters. The van der Waals surface area contributed by atoms with Crippen LogP contribution in [0.3, 0.4) is 0 Å². The molecular weight excluding hydrogens is 338 g/mol. The molecule has 0 fully saturated rings. The van der Waals surface area contributed by atoms with Gasteiger partial charge >= 0.3 is 0 Å². The Morgan fingerprint density at radius 1 is 0.808 bits per heavy atom. The van der Waals surface area contributed by atoms with Crippen molar-refractivity contribution in [2.75, 3.05) is 18.8 Å². The summed E-state index contributed by atoms with van der Waals surface area (Å²) < 4.78 is 0. The molecule has 0 saturated carbocycles. The zero-order valence-corrected chi connectivity index (χ0v) is 18.6. The van der Waals surface area contributed by atoms with E-state index in [1.54, 1.807) is 0 Å². The zero-order valence-electron chi connectivity index (χ0n) is 17.7. The van der Waals surface area contributed by atoms with Gasteiger partial charge in [0.15, 0.2) is 0 Å². The molecule has 0 aliphatic heterocycles. The fraction of sp³-hybridized carbons (Fsp3) is 0.609. The van der Waals surface area contributed by atoms with Gasteiger partial charge in [0, 0.05) is 18.8 Å². The first-order chi connectivity index (χ1) is 12.3. The lowest BCUT2D eigenvalue weighted by atomic mass is 10.1. The second-order valence-electron chi connectivity index (χ2n) is 7.58. The summed E-state index contributed by atoms with van der Waals surface area (Å²) in [5.41, 5.74) is 5.48. The number of aldehydes is 1. The molecule has 0 heterocycles. The van der Waals surface area contributed by atoms with Gasteiger partial charge in [-0.05, 0) is 67.2 Å². The number of thiol groups is 1. The lowest BCUT2D eigenvalue weighted by Crippen LogP contribution is -2.38. The van der Waals surface area contributed by atoms with Crippen molar-refractivity contribution in [2.45, 2.75) is 73.3 Å². The maximum Gasteiger partial charge on any atom is 0.137 e. The lowest BCUT2D eigenvalue weighted by molar-refractivity contribution is -0.111. The molecule has 0 saturated heterocycles. The molecule has 0 N–H and O–H groups in total. The molecule has 148 valence electrons. The van der Waals surface area contributed by atoms with Crippen LogP contribution in [0.25, 0.3) is 0 Å². The number of carbonyl (C=O) groups is 1. The van der Waals surface area contributed by atoms with Crippen LogP contribution >= 0.6 is 12.6 Å². The summed E-state index contributed by atoms with van der Waals surface area (Å²) in [4.78, 5) is 13.6. The van der Waals surface area contributed by atoms with Crippen molar-refractivity contribution in [1.29, 1.82) is 0 Å². The minimum Gasteiger partial charge on any atom is -0.302 e. The summed E-state index contributed by atoms with van der Waals surface area (Å²) in [6.07, 6.45) is 14.4. The van der Waals surface area contributed by atoms with Gasteiger partial charge in [0.1, 0.15) is 6.29 Å². The first kappa shape index (κ1) is 24.9. The normalized spacial score (nSPS) is 13.5. The number of nitrogens with zero attached hydrogens (tertiary/aromatic N) is 1. The van der Waals surface area contributed by atoms with Crippen LogP contribution in [0.5, 0.6) is 0 Å². The molecular formula is C23H39NOS. The van der Waals surface area contributed by atoms with Gasteiger partial charge in [-0.1, -0.05) is 46.6 Å². The van der Waals surface area contributed by atoms with Crippen molar-refractivity contribution in [2.24, 2.45) is 0 Å². The van der Waals surface area contributed by atoms with E-state index in [1.165, 1.54) is 22.3 Å². The zero-order chi connectivity index (χ0) is 19.9. The topological polar surface area (TPSA) is 20.3 Å². The van der Waals surface area contributed by atoms with Crippen molar-refractivity contribution in [3.8, 4) is 0 Å². The summed E-state index contributed by atoms with van der Waals surface area (Å²) in [6, 6.07) is -0.137. The van der Waals surface area contributed by atoms with Crippen molar-refractivity contribution < 1.29 is 4.79 Å². The van der Waals surface area contributed by atoms with Gasteiger partial charge in [-0.2, -0.15) is 12.6 Å². The molecule has 2 nitrogen and oxygen atoms in total. The number of hydrogen-bond acceptors (Lipinski definition) is 3. The van der Waals surface area contributed by atoms with Crippen LogP contribution in [0.4, 0.5) is 0 Å². The van der Waals surface area contributed by atoms with E-state index in [0.717, 1.165) is 45.1 Å². The molecule has 0 radical (unpaired) electrons. The van der Waals surface area contributed by atoms with Gasteiger partial charge in [0.25, 0.3) is 0 Å². The van der Waals surface area contributed by atoms with Gasteiger partial charge in [0.2, 0.25) is 0 Å². The highest BCUT2D eigenvalue weighted by atomic mass is 32.1. The van der Waals surface area contributed by atoms with Crippen molar-refractivity contribution in [3.05, 3.63) is 46.6 Å². The van der Waals surface area contributed by atoms with Crippen LogP contribution in [-0.4, -0.2) is 36.1 Å². The van der Waals surface area contributed by atoms with Gasteiger partial charge < -0.3 is 4.79 Å². The Kier molecular flexibility index (Phi) is 14.4. The van der Waals surface area contributed by atoms with Gasteiger partial charge in [-0.25, -0.2) is 0 Å². The fourth-order valence-corrected chi connectivity index (χ4v) is 2.83. The summed E-state index contributed by atoms with van der Waals surface area (Å²) in [5.74, 6) is 0.554. The third-order valence-corrected chi connectivity index (χ3v) is 4.72. The molecule has 0 amide bonds. The van der Waals surface area contributed by atoms with Crippen molar-refractivity contribution >= 4 is 18.9 Å². The second kappa shape index (κ2) is 15.0. The van der Waals surface area contributed by atoms with E-state index in [9.17, 15) is 4.79 Å². The quantitative estimate of drug-likeness (QED) is 0.235. The minimum atomic E-state index is -0.137. The molecule has 0 rings (SSSR count). The predicted octanol–water partition coefficient (Wildman–Crippen LogP) is 6.17. The highest BCUT2D eigenvalue weighted by Gasteiger charge is 2.14. The van der Waals surface area contributed by atoms with Gasteiger partial charge in [-0.15, -0.1) is 0 Å². The average molecular weight is 378 g/mol. The Morgan fingerprint density at radius 3 is 1.54 bits per heavy atom. The Labute approximate surface area is 167 Å². The minimum absolute atomic E-state index is 0.137. The third kappa shape index (κ3) is 13.2. The largest absolute Gasteiger partial charge is 0.302 e. The standard InChI is InChI=1S/C23H39NOS/c1-19(2)9-7-11-21(5)13-15-24(23(17-25)18-26)16-14-22(6)12-8-10-20(3)4/h9-10,13-14,17,23,26H,7-8,11-12,15-16,18H2,1-6H3/b21-13+,22-14+/t23-/m0/s1. The Balaban J connectivity index is 4.78. The summed E-state index contributed by atoms with van der Waals surface area (Å²) in [5, 5.41) is 0. The van der Waals surface area contributed by atoms with Crippen LogP contribution in [-0.2, 0) is 4.79 Å². The van der Waals surface area contributed by atoms with Gasteiger partial charge in [-0.3, -0.25) is 4.90 Å². The molecule has 0 unspecified atom stereocenters. The molecule has 26 heavy (non-hydrogen) atoms. The molecule has 0 aliphatic rings. The van der Waals surface area contributed by atoms with E-state index >= 15 is 0 Å². The number of carbonyl (C=O) groups excluding carboxylic acids is 1. The average Bonchev–Trinajstić information content (AvgIpc) is 2.56. The molecule has 0 aliphatic carbocycles. The van der Waals surface area contributed by atoms with E-state index in [0.29, 0.717) is 5.75 Å². The van der Waals surface area contributed by atoms with E-state index < -0.39 is 0 Å². The first-order valence-electron chi connectivity index (χ1n) is 9.68.